The van der Waals surface area contributed by atoms with Crippen LogP contribution in [0.4, 0.5) is 9.52 Å². The first kappa shape index (κ1) is 33.1. The van der Waals surface area contributed by atoms with Crippen LogP contribution < -0.4 is 15.0 Å². The number of fused-ring (bicyclic) bond motifs is 1. The summed E-state index contributed by atoms with van der Waals surface area (Å²) in [6.07, 6.45) is 7.15. The summed E-state index contributed by atoms with van der Waals surface area (Å²) in [5.74, 6) is 2.51. The SMILES string of the molecule is Cl.Cl.Cl.Fc1ccc(OC2=C([As])N(c3nc(CC4CCNCC4)ns3)CC(Sc3ccnc4ccsc34)=C2)cc1. The second kappa shape index (κ2) is 15.2. The van der Waals surface area contributed by atoms with Gasteiger partial charge in [0.1, 0.15) is 0 Å². The Morgan fingerprint density at radius 2 is 1.88 bits per heavy atom. The van der Waals surface area contributed by atoms with Crippen molar-refractivity contribution in [2.45, 2.75) is 24.2 Å². The van der Waals surface area contributed by atoms with Crippen LogP contribution in [0.3, 0.4) is 0 Å². The average molecular weight is 721 g/mol. The number of hydrogen-bond acceptors (Lipinski definition) is 9. The van der Waals surface area contributed by atoms with E-state index in [1.54, 1.807) is 35.2 Å². The third-order valence-corrected chi connectivity index (χ3v) is 10.2. The molecule has 14 heteroatoms. The average Bonchev–Trinajstić information content (AvgIpc) is 3.58. The number of nitrogens with zero attached hydrogens (tertiary/aromatic N) is 4. The summed E-state index contributed by atoms with van der Waals surface area (Å²) in [5, 5.41) is 6.34. The molecule has 6 rings (SSSR count). The summed E-state index contributed by atoms with van der Waals surface area (Å²) in [5.41, 5.74) is 1.00. The molecule has 0 spiro atoms. The molecule has 2 aliphatic heterocycles. The number of thioether (sulfide) groups is 1. The van der Waals surface area contributed by atoms with Gasteiger partial charge in [-0.25, -0.2) is 0 Å². The van der Waals surface area contributed by atoms with Gasteiger partial charge in [-0.1, -0.05) is 0 Å². The van der Waals surface area contributed by atoms with E-state index in [2.05, 4.69) is 49.6 Å². The van der Waals surface area contributed by atoms with Gasteiger partial charge in [-0.05, 0) is 0 Å². The first-order valence-electron chi connectivity index (χ1n) is 12.0. The molecule has 0 atom stereocenters. The van der Waals surface area contributed by atoms with Gasteiger partial charge in [0.15, 0.2) is 0 Å². The predicted octanol–water partition coefficient (Wildman–Crippen LogP) is 7.01. The Bertz CT molecular complexity index is 1480. The molecule has 2 aliphatic rings. The van der Waals surface area contributed by atoms with Gasteiger partial charge in [0, 0.05) is 0 Å². The molecule has 0 saturated carbocycles. The van der Waals surface area contributed by atoms with E-state index in [1.165, 1.54) is 28.4 Å². The van der Waals surface area contributed by atoms with Crippen molar-refractivity contribution in [2.24, 2.45) is 5.92 Å². The van der Waals surface area contributed by atoms with Crippen LogP contribution in [0.1, 0.15) is 18.7 Å². The standard InChI is InChI=1S/C26H23AsFN5OS3.3ClH/c27-25-21(34-18-3-1-17(28)2-4-18)14-19(36-22-7-11-30-20-8-12-35-24(20)22)15-33(25)26-31-23(32-37-26)13-16-5-9-29-10-6-16;;;/h1-4,7-8,11-12,14,16,29H,5-6,9-10,13,15H2;3*1H. The Morgan fingerprint density at radius 3 is 2.65 bits per heavy atom. The number of hydrogen-bond donors (Lipinski definition) is 1. The maximum atomic E-state index is 13.5. The number of benzene rings is 1. The number of anilines is 1. The van der Waals surface area contributed by atoms with Gasteiger partial charge < -0.3 is 0 Å². The number of thiophene rings is 1. The molecule has 0 aliphatic carbocycles. The summed E-state index contributed by atoms with van der Waals surface area (Å²) < 4.78 is 26.5. The van der Waals surface area contributed by atoms with Crippen molar-refractivity contribution in [2.75, 3.05) is 24.5 Å². The van der Waals surface area contributed by atoms with Crippen LogP contribution in [0.5, 0.6) is 5.75 Å². The molecule has 40 heavy (non-hydrogen) atoms. The van der Waals surface area contributed by atoms with Crippen LogP contribution in [0.2, 0.25) is 0 Å². The van der Waals surface area contributed by atoms with Crippen molar-refractivity contribution < 1.29 is 9.13 Å². The monoisotopic (exact) mass is 719 g/mol. The number of rotatable bonds is 7. The van der Waals surface area contributed by atoms with Crippen LogP contribution in [0, 0.1) is 11.7 Å². The van der Waals surface area contributed by atoms with E-state index >= 15 is 0 Å². The van der Waals surface area contributed by atoms with E-state index in [9.17, 15) is 4.39 Å². The summed E-state index contributed by atoms with van der Waals surface area (Å²) >= 11 is 7.44. The molecule has 4 aromatic rings. The van der Waals surface area contributed by atoms with Crippen LogP contribution >= 0.6 is 71.9 Å². The molecule has 2 radical (unpaired) electrons. The van der Waals surface area contributed by atoms with Crippen LogP contribution in [-0.2, 0) is 6.42 Å². The molecular formula is C26H26AsCl3FN5OS3. The fourth-order valence-corrected chi connectivity index (χ4v) is 7.82. The first-order valence-corrected chi connectivity index (χ1v) is 15.4. The number of pyridine rings is 1. The second-order valence-electron chi connectivity index (χ2n) is 8.88. The van der Waals surface area contributed by atoms with Crippen LogP contribution in [0.15, 0.2) is 74.1 Å². The molecule has 1 aromatic carbocycles. The number of allylic oxidation sites excluding steroid dienone is 1. The van der Waals surface area contributed by atoms with Crippen LogP contribution in [-0.4, -0.2) is 50.8 Å². The molecule has 212 valence electrons. The zero-order chi connectivity index (χ0) is 25.2. The topological polar surface area (TPSA) is 63.2 Å². The Morgan fingerprint density at radius 1 is 1.10 bits per heavy atom. The van der Waals surface area contributed by atoms with Gasteiger partial charge >= 0.3 is 237 Å². The van der Waals surface area contributed by atoms with E-state index in [4.69, 9.17) is 14.1 Å². The number of nitrogens with one attached hydrogen (secondary N) is 1. The number of aromatic nitrogens is 3. The maximum absolute atomic E-state index is 13.5. The van der Waals surface area contributed by atoms with Crippen molar-refractivity contribution in [1.82, 2.24) is 19.7 Å². The molecule has 1 saturated heterocycles. The normalized spacial score (nSPS) is 15.7. The van der Waals surface area contributed by atoms with E-state index in [0.717, 1.165) is 63.1 Å². The minimum absolute atomic E-state index is 0. The fraction of sp³-hybridized carbons (Fsp3) is 0.269. The van der Waals surface area contributed by atoms with Crippen molar-refractivity contribution >= 4 is 104 Å². The van der Waals surface area contributed by atoms with Gasteiger partial charge in [0.25, 0.3) is 0 Å². The van der Waals surface area contributed by atoms with E-state index in [1.807, 2.05) is 12.3 Å². The van der Waals surface area contributed by atoms with Gasteiger partial charge in [0.05, 0.1) is 0 Å². The predicted molar refractivity (Wildman–Crippen MR) is 172 cm³/mol. The summed E-state index contributed by atoms with van der Waals surface area (Å²) in [6, 6.07) is 10.2. The second-order valence-corrected chi connectivity index (χ2v) is 12.6. The zero-order valence-corrected chi connectivity index (χ0v) is 27.8. The molecule has 0 amide bonds. The summed E-state index contributed by atoms with van der Waals surface area (Å²) in [6.45, 7) is 2.78. The van der Waals surface area contributed by atoms with E-state index in [0.29, 0.717) is 24.0 Å². The first-order chi connectivity index (χ1) is 18.1. The van der Waals surface area contributed by atoms with E-state index < -0.39 is 0 Å². The summed E-state index contributed by atoms with van der Waals surface area (Å²) in [7, 11) is 0. The minimum atomic E-state index is -0.293. The number of ether oxygens (including phenoxy) is 1. The number of piperidine rings is 1. The molecule has 0 bridgehead atoms. The van der Waals surface area contributed by atoms with Crippen molar-refractivity contribution in [3.8, 4) is 5.75 Å². The van der Waals surface area contributed by atoms with E-state index in [-0.39, 0.29) is 43.0 Å². The molecule has 1 fully saturated rings. The Balaban J connectivity index is 0.00000147. The van der Waals surface area contributed by atoms with Gasteiger partial charge in [-0.15, -0.1) is 37.2 Å². The molecular weight excluding hydrogens is 695 g/mol. The Kier molecular flexibility index (Phi) is 12.6. The quantitative estimate of drug-likeness (QED) is 0.206. The van der Waals surface area contributed by atoms with Crippen molar-refractivity contribution in [3.63, 3.8) is 0 Å². The number of halogens is 4. The summed E-state index contributed by atoms with van der Waals surface area (Å²) in [4.78, 5) is 13.8. The Labute approximate surface area is 272 Å². The van der Waals surface area contributed by atoms with Gasteiger partial charge in [0.2, 0.25) is 0 Å². The Hall–Kier alpha value is -1.36. The molecule has 6 nitrogen and oxygen atoms in total. The molecule has 0 unspecified atom stereocenters. The third-order valence-electron chi connectivity index (χ3n) is 6.29. The van der Waals surface area contributed by atoms with Crippen molar-refractivity contribution in [3.05, 3.63) is 80.8 Å². The molecule has 3 aromatic heterocycles. The third kappa shape index (κ3) is 7.72. The fourth-order valence-electron chi connectivity index (χ4n) is 4.40. The van der Waals surface area contributed by atoms with Crippen molar-refractivity contribution in [1.29, 1.82) is 0 Å². The van der Waals surface area contributed by atoms with Crippen LogP contribution in [0.25, 0.3) is 10.2 Å². The zero-order valence-electron chi connectivity index (χ0n) is 21.0. The molecule has 1 N–H and O–H groups in total. The van der Waals surface area contributed by atoms with Gasteiger partial charge in [-0.2, -0.15) is 0 Å². The molecule has 5 heterocycles. The van der Waals surface area contributed by atoms with Gasteiger partial charge in [-0.3, -0.25) is 0 Å².